The van der Waals surface area contributed by atoms with Crippen molar-refractivity contribution in [1.82, 2.24) is 19.5 Å². The Bertz CT molecular complexity index is 810. The number of hydrogen-bond acceptors (Lipinski definition) is 9. The summed E-state index contributed by atoms with van der Waals surface area (Å²) >= 11 is 6.01. The van der Waals surface area contributed by atoms with Crippen molar-refractivity contribution in [2.75, 3.05) is 18.9 Å². The molecule has 11 heteroatoms. The van der Waals surface area contributed by atoms with Gasteiger partial charge in [-0.2, -0.15) is 9.97 Å². The standard InChI is InChI=1S/C16H22ClN5O5/c1-9(2)27-16(24)26-7-11(6-25-10(3)23)4-5-22-8-19-12-13(17)20-15(18)21-14(12)22/h8-9,11H,4-7H2,1-3H3,(H2,18,20,21). The van der Waals surface area contributed by atoms with Crippen molar-refractivity contribution >= 4 is 40.8 Å². The number of rotatable bonds is 8. The van der Waals surface area contributed by atoms with Crippen LogP contribution in [0.2, 0.25) is 5.15 Å². The molecule has 2 rings (SSSR count). The Morgan fingerprint density at radius 1 is 1.26 bits per heavy atom. The number of aromatic nitrogens is 4. The zero-order valence-electron chi connectivity index (χ0n) is 15.3. The second kappa shape index (κ2) is 9.36. The van der Waals surface area contributed by atoms with Gasteiger partial charge in [-0.15, -0.1) is 0 Å². The zero-order valence-corrected chi connectivity index (χ0v) is 16.1. The molecule has 0 aromatic carbocycles. The monoisotopic (exact) mass is 399 g/mol. The molecule has 0 spiro atoms. The van der Waals surface area contributed by atoms with Gasteiger partial charge in [-0.1, -0.05) is 11.6 Å². The average molecular weight is 400 g/mol. The van der Waals surface area contributed by atoms with Crippen LogP contribution in [0.25, 0.3) is 11.2 Å². The lowest BCUT2D eigenvalue weighted by molar-refractivity contribution is -0.142. The number of esters is 1. The molecular weight excluding hydrogens is 378 g/mol. The summed E-state index contributed by atoms with van der Waals surface area (Å²) < 4.78 is 16.8. The lowest BCUT2D eigenvalue weighted by atomic mass is 10.1. The molecule has 0 radical (unpaired) electrons. The first-order valence-corrected chi connectivity index (χ1v) is 8.74. The molecule has 2 heterocycles. The van der Waals surface area contributed by atoms with Gasteiger partial charge in [0.1, 0.15) is 12.1 Å². The summed E-state index contributed by atoms with van der Waals surface area (Å²) in [7, 11) is 0. The highest BCUT2D eigenvalue weighted by Crippen LogP contribution is 2.20. The third-order valence-corrected chi connectivity index (χ3v) is 3.77. The van der Waals surface area contributed by atoms with E-state index in [-0.39, 0.29) is 36.3 Å². The summed E-state index contributed by atoms with van der Waals surface area (Å²) in [5.41, 5.74) is 6.58. The molecule has 2 aromatic rings. The summed E-state index contributed by atoms with van der Waals surface area (Å²) in [6.07, 6.45) is 1.05. The number of ether oxygens (including phenoxy) is 3. The third-order valence-electron chi connectivity index (χ3n) is 3.51. The van der Waals surface area contributed by atoms with E-state index in [4.69, 9.17) is 31.5 Å². The number of aryl methyl sites for hydroxylation is 1. The molecule has 0 aliphatic carbocycles. The highest BCUT2D eigenvalue weighted by molar-refractivity contribution is 6.33. The minimum absolute atomic E-state index is 0.0450. The van der Waals surface area contributed by atoms with Crippen molar-refractivity contribution in [1.29, 1.82) is 0 Å². The second-order valence-electron chi connectivity index (χ2n) is 6.17. The molecule has 1 atom stereocenters. The second-order valence-corrected chi connectivity index (χ2v) is 6.53. The van der Waals surface area contributed by atoms with Crippen LogP contribution < -0.4 is 5.73 Å². The predicted molar refractivity (Wildman–Crippen MR) is 97.1 cm³/mol. The van der Waals surface area contributed by atoms with E-state index in [0.717, 1.165) is 0 Å². The van der Waals surface area contributed by atoms with Crippen molar-refractivity contribution < 1.29 is 23.8 Å². The maximum atomic E-state index is 11.6. The molecular formula is C16H22ClN5O5. The first-order valence-electron chi connectivity index (χ1n) is 8.37. The Morgan fingerprint density at radius 3 is 2.63 bits per heavy atom. The van der Waals surface area contributed by atoms with Crippen LogP contribution in [0.5, 0.6) is 0 Å². The van der Waals surface area contributed by atoms with Crippen molar-refractivity contribution in [3.05, 3.63) is 11.5 Å². The fourth-order valence-corrected chi connectivity index (χ4v) is 2.49. The van der Waals surface area contributed by atoms with Gasteiger partial charge in [0.25, 0.3) is 0 Å². The summed E-state index contributed by atoms with van der Waals surface area (Å²) in [5, 5.41) is 0.174. The van der Waals surface area contributed by atoms with Crippen LogP contribution in [-0.2, 0) is 25.5 Å². The lowest BCUT2D eigenvalue weighted by Crippen LogP contribution is -2.23. The topological polar surface area (TPSA) is 131 Å². The number of fused-ring (bicyclic) bond motifs is 1. The van der Waals surface area contributed by atoms with Gasteiger partial charge in [0.05, 0.1) is 19.0 Å². The normalized spacial score (nSPS) is 12.2. The Morgan fingerprint density at radius 2 is 1.96 bits per heavy atom. The highest BCUT2D eigenvalue weighted by atomic mass is 35.5. The van der Waals surface area contributed by atoms with Crippen LogP contribution in [0.1, 0.15) is 27.2 Å². The molecule has 2 N–H and O–H groups in total. The Balaban J connectivity index is 2.02. The predicted octanol–water partition coefficient (Wildman–Crippen LogP) is 2.19. The van der Waals surface area contributed by atoms with E-state index in [1.165, 1.54) is 6.92 Å². The Hall–Kier alpha value is -2.62. The summed E-state index contributed by atoms with van der Waals surface area (Å²) in [5.74, 6) is -0.601. The SMILES string of the molecule is CC(=O)OCC(CCn1cnc2c(Cl)nc(N)nc21)COC(=O)OC(C)C. The van der Waals surface area contributed by atoms with Gasteiger partial charge >= 0.3 is 12.1 Å². The molecule has 148 valence electrons. The number of nitrogens with zero attached hydrogens (tertiary/aromatic N) is 4. The molecule has 10 nitrogen and oxygen atoms in total. The van der Waals surface area contributed by atoms with Crippen molar-refractivity contribution in [3.8, 4) is 0 Å². The summed E-state index contributed by atoms with van der Waals surface area (Å²) in [4.78, 5) is 34.8. The fourth-order valence-electron chi connectivity index (χ4n) is 2.27. The Kier molecular flexibility index (Phi) is 7.17. The lowest BCUT2D eigenvalue weighted by Gasteiger charge is -2.17. The zero-order chi connectivity index (χ0) is 20.0. The first kappa shape index (κ1) is 20.7. The maximum Gasteiger partial charge on any atom is 0.508 e. The van der Waals surface area contributed by atoms with E-state index < -0.39 is 12.1 Å². The largest absolute Gasteiger partial charge is 0.508 e. The van der Waals surface area contributed by atoms with Gasteiger partial charge in [0.15, 0.2) is 10.8 Å². The molecule has 0 aliphatic heterocycles. The van der Waals surface area contributed by atoms with Gasteiger partial charge in [0.2, 0.25) is 5.95 Å². The third kappa shape index (κ3) is 6.24. The molecule has 0 aliphatic rings. The van der Waals surface area contributed by atoms with E-state index >= 15 is 0 Å². The molecule has 0 fully saturated rings. The number of nitrogens with two attached hydrogens (primary N) is 1. The highest BCUT2D eigenvalue weighted by Gasteiger charge is 2.17. The number of hydrogen-bond donors (Lipinski definition) is 1. The van der Waals surface area contributed by atoms with Crippen LogP contribution in [0.4, 0.5) is 10.7 Å². The Labute approximate surface area is 161 Å². The number of anilines is 1. The van der Waals surface area contributed by atoms with Gasteiger partial charge in [-0.05, 0) is 20.3 Å². The van der Waals surface area contributed by atoms with Crippen LogP contribution >= 0.6 is 11.6 Å². The number of carbonyl (C=O) groups excluding carboxylic acids is 2. The molecule has 0 amide bonds. The summed E-state index contributed by atoms with van der Waals surface area (Å²) in [6.45, 7) is 5.38. The minimum atomic E-state index is -0.766. The number of halogens is 1. The van der Waals surface area contributed by atoms with Crippen molar-refractivity contribution in [3.63, 3.8) is 0 Å². The minimum Gasteiger partial charge on any atom is -0.465 e. The van der Waals surface area contributed by atoms with Gasteiger partial charge < -0.3 is 24.5 Å². The van der Waals surface area contributed by atoms with E-state index in [1.807, 2.05) is 0 Å². The molecule has 0 saturated carbocycles. The van der Waals surface area contributed by atoms with Crippen LogP contribution in [-0.4, -0.2) is 51.0 Å². The maximum absolute atomic E-state index is 11.6. The summed E-state index contributed by atoms with van der Waals surface area (Å²) in [6, 6.07) is 0. The molecule has 27 heavy (non-hydrogen) atoms. The van der Waals surface area contributed by atoms with E-state index in [2.05, 4.69) is 15.0 Å². The van der Waals surface area contributed by atoms with Crippen molar-refractivity contribution in [2.24, 2.45) is 5.92 Å². The van der Waals surface area contributed by atoms with Gasteiger partial charge in [0, 0.05) is 19.4 Å². The molecule has 0 bridgehead atoms. The fraction of sp³-hybridized carbons (Fsp3) is 0.562. The van der Waals surface area contributed by atoms with Gasteiger partial charge in [-0.3, -0.25) is 4.79 Å². The molecule has 1 unspecified atom stereocenters. The van der Waals surface area contributed by atoms with Crippen LogP contribution in [0.3, 0.4) is 0 Å². The van der Waals surface area contributed by atoms with Crippen LogP contribution in [0, 0.1) is 5.92 Å². The van der Waals surface area contributed by atoms with E-state index in [1.54, 1.807) is 24.7 Å². The number of carbonyl (C=O) groups is 2. The van der Waals surface area contributed by atoms with E-state index in [0.29, 0.717) is 24.1 Å². The smallest absolute Gasteiger partial charge is 0.465 e. The molecule has 0 saturated heterocycles. The number of nitrogen functional groups attached to an aromatic ring is 1. The quantitative estimate of drug-likeness (QED) is 0.523. The molecule has 2 aromatic heterocycles. The average Bonchev–Trinajstić information content (AvgIpc) is 2.96. The van der Waals surface area contributed by atoms with Crippen LogP contribution in [0.15, 0.2) is 6.33 Å². The van der Waals surface area contributed by atoms with Gasteiger partial charge in [-0.25, -0.2) is 9.78 Å². The first-order chi connectivity index (χ1) is 12.8. The number of imidazole rings is 1. The van der Waals surface area contributed by atoms with Crippen molar-refractivity contribution in [2.45, 2.75) is 39.8 Å². The van der Waals surface area contributed by atoms with E-state index in [9.17, 15) is 9.59 Å².